The molecule has 0 bridgehead atoms. The lowest BCUT2D eigenvalue weighted by Crippen LogP contribution is -2.61. The van der Waals surface area contributed by atoms with Crippen molar-refractivity contribution in [2.45, 2.75) is 70.6 Å². The molecule has 4 aliphatic rings. The summed E-state index contributed by atoms with van der Waals surface area (Å²) < 4.78 is 61.8. The molecule has 1 amide bonds. The van der Waals surface area contributed by atoms with E-state index in [0.717, 1.165) is 82.9 Å². The normalized spacial score (nSPS) is 23.4. The molecule has 5 heterocycles. The lowest BCUT2D eigenvalue weighted by atomic mass is 9.72. The molecule has 15 heteroatoms. The largest absolute Gasteiger partial charge is 0.451 e. The van der Waals surface area contributed by atoms with E-state index in [-0.39, 0.29) is 41.5 Å². The predicted octanol–water partition coefficient (Wildman–Crippen LogP) is 3.50. The molecule has 274 valence electrons. The van der Waals surface area contributed by atoms with Crippen molar-refractivity contribution >= 4 is 21.9 Å². The van der Waals surface area contributed by atoms with Crippen LogP contribution in [0.3, 0.4) is 0 Å². The Kier molecular flexibility index (Phi) is 11.7. The third kappa shape index (κ3) is 9.17. The van der Waals surface area contributed by atoms with Gasteiger partial charge in [0, 0.05) is 50.2 Å². The Balaban J connectivity index is 0.979. The molecular weight excluding hydrogens is 665 g/mol. The molecule has 2 N–H and O–H groups in total. The molecular formula is C35H50FN7O6S. The Bertz CT molecular complexity index is 1600. The van der Waals surface area contributed by atoms with Crippen molar-refractivity contribution in [3.05, 3.63) is 54.3 Å². The first-order valence-electron chi connectivity index (χ1n) is 17.7. The van der Waals surface area contributed by atoms with Gasteiger partial charge in [-0.15, -0.1) is 0 Å². The number of carbonyl (C=O) groups excluding carboxylic acids is 1. The smallest absolute Gasteiger partial charge is 0.279 e. The number of nitrogens with zero attached hydrogens (tertiary/aromatic N) is 5. The van der Waals surface area contributed by atoms with Crippen LogP contribution >= 0.6 is 0 Å². The minimum Gasteiger partial charge on any atom is -0.451 e. The highest BCUT2D eigenvalue weighted by atomic mass is 32.2. The molecule has 4 aliphatic heterocycles. The fourth-order valence-corrected chi connectivity index (χ4v) is 8.74. The molecule has 1 spiro atoms. The van der Waals surface area contributed by atoms with Crippen molar-refractivity contribution in [3.8, 4) is 11.5 Å². The van der Waals surface area contributed by atoms with E-state index in [0.29, 0.717) is 37.9 Å². The number of halogens is 1. The summed E-state index contributed by atoms with van der Waals surface area (Å²) in [7, 11) is -3.44. The third-order valence-corrected chi connectivity index (χ3v) is 11.7. The number of hydrogen-bond donors (Lipinski definition) is 2. The highest BCUT2D eigenvalue weighted by Crippen LogP contribution is 2.45. The lowest BCUT2D eigenvalue weighted by molar-refractivity contribution is -0.0300. The molecule has 0 saturated carbocycles. The SMILES string of the molecule is C=C(C)COC[C@@H](C)NC(=O)c1cc(F)ccc1Oc1cncnc1N1CC2(CCN(C[C@@H]3CC[C@@H](NS(=O)(=O)N4CCCC4)CO3)CC2)C1. The quantitative estimate of drug-likeness (QED) is 0.280. The summed E-state index contributed by atoms with van der Waals surface area (Å²) in [5, 5.41) is 2.85. The topological polar surface area (TPSA) is 138 Å². The van der Waals surface area contributed by atoms with Gasteiger partial charge in [0.25, 0.3) is 16.1 Å². The minimum atomic E-state index is -3.44. The van der Waals surface area contributed by atoms with E-state index in [1.807, 2.05) is 13.8 Å². The monoisotopic (exact) mass is 715 g/mol. The molecule has 6 rings (SSSR count). The maximum Gasteiger partial charge on any atom is 0.279 e. The van der Waals surface area contributed by atoms with Crippen molar-refractivity contribution in [1.82, 2.24) is 29.2 Å². The first kappa shape index (κ1) is 36.6. The molecule has 13 nitrogen and oxygen atoms in total. The molecule has 3 atom stereocenters. The number of rotatable bonds is 14. The molecule has 2 aromatic rings. The standard InChI is InChI=1S/C35H50FN7O6S/c1-25(2)19-47-20-26(3)39-34(44)30-16-27(36)6-9-31(30)49-32-17-37-24-38-33(32)42-22-35(23-42)10-14-41(15-11-35)18-29-8-7-28(21-48-29)40-50(45,46)43-12-4-5-13-43/h6,9,16-17,24,26,28-29,40H,1,4-5,7-8,10-15,18-23H2,2-3H3,(H,39,44)/t26-,28-,29+/m1/s1. The number of piperidine rings is 1. The molecule has 0 unspecified atom stereocenters. The summed E-state index contributed by atoms with van der Waals surface area (Å²) in [6, 6.07) is 3.38. The first-order valence-corrected chi connectivity index (χ1v) is 19.1. The van der Waals surface area contributed by atoms with Gasteiger partial charge >= 0.3 is 0 Å². The van der Waals surface area contributed by atoms with E-state index in [2.05, 4.69) is 36.4 Å². The fourth-order valence-electron chi connectivity index (χ4n) is 7.24. The predicted molar refractivity (Wildman–Crippen MR) is 187 cm³/mol. The molecule has 0 aliphatic carbocycles. The zero-order valence-corrected chi connectivity index (χ0v) is 29.9. The van der Waals surface area contributed by atoms with Gasteiger partial charge in [-0.25, -0.2) is 14.4 Å². The van der Waals surface area contributed by atoms with Crippen molar-refractivity contribution in [1.29, 1.82) is 0 Å². The summed E-state index contributed by atoms with van der Waals surface area (Å²) >= 11 is 0. The van der Waals surface area contributed by atoms with E-state index >= 15 is 0 Å². The van der Waals surface area contributed by atoms with Gasteiger partial charge < -0.3 is 29.3 Å². The third-order valence-electron chi connectivity index (χ3n) is 9.98. The number of aromatic nitrogens is 2. The summed E-state index contributed by atoms with van der Waals surface area (Å²) in [6.07, 6.45) is 8.70. The number of nitrogens with one attached hydrogen (secondary N) is 2. The van der Waals surface area contributed by atoms with Gasteiger partial charge in [-0.05, 0) is 83.7 Å². The number of amides is 1. The highest BCUT2D eigenvalue weighted by molar-refractivity contribution is 7.87. The van der Waals surface area contributed by atoms with Crippen LogP contribution in [0.1, 0.15) is 62.7 Å². The number of ether oxygens (including phenoxy) is 3. The minimum absolute atomic E-state index is 0.0693. The number of likely N-dealkylation sites (tertiary alicyclic amines) is 1. The van der Waals surface area contributed by atoms with Gasteiger partial charge in [-0.2, -0.15) is 17.4 Å². The Hall–Kier alpha value is -3.21. The molecule has 1 aromatic heterocycles. The van der Waals surface area contributed by atoms with E-state index in [4.69, 9.17) is 14.2 Å². The Morgan fingerprint density at radius 2 is 1.92 bits per heavy atom. The summed E-state index contributed by atoms with van der Waals surface area (Å²) in [6.45, 7) is 14.2. The zero-order chi connectivity index (χ0) is 35.3. The van der Waals surface area contributed by atoms with E-state index in [1.54, 1.807) is 6.20 Å². The van der Waals surface area contributed by atoms with E-state index in [1.165, 1.54) is 22.8 Å². The Morgan fingerprint density at radius 1 is 1.16 bits per heavy atom. The van der Waals surface area contributed by atoms with E-state index in [9.17, 15) is 17.6 Å². The fraction of sp³-hybridized carbons (Fsp3) is 0.629. The maximum atomic E-state index is 14.3. The van der Waals surface area contributed by atoms with Crippen LogP contribution in [0.5, 0.6) is 11.5 Å². The summed E-state index contributed by atoms with van der Waals surface area (Å²) in [5.74, 6) is 0.219. The van der Waals surface area contributed by atoms with Gasteiger partial charge in [0.1, 0.15) is 17.9 Å². The lowest BCUT2D eigenvalue weighted by Gasteiger charge is -2.54. The van der Waals surface area contributed by atoms with Crippen molar-refractivity contribution in [2.24, 2.45) is 5.41 Å². The van der Waals surface area contributed by atoms with Crippen LogP contribution in [0, 0.1) is 11.2 Å². The van der Waals surface area contributed by atoms with Crippen LogP contribution in [0.2, 0.25) is 0 Å². The average molecular weight is 716 g/mol. The van der Waals surface area contributed by atoms with Gasteiger partial charge in [0.2, 0.25) is 0 Å². The van der Waals surface area contributed by atoms with Crippen molar-refractivity contribution in [2.75, 3.05) is 70.5 Å². The van der Waals surface area contributed by atoms with Gasteiger partial charge in [0.15, 0.2) is 11.6 Å². The Labute approximate surface area is 294 Å². The van der Waals surface area contributed by atoms with Crippen LogP contribution in [-0.4, -0.2) is 117 Å². The number of hydrogen-bond acceptors (Lipinski definition) is 10. The molecule has 4 saturated heterocycles. The summed E-state index contributed by atoms with van der Waals surface area (Å²) in [4.78, 5) is 26.5. The Morgan fingerprint density at radius 3 is 2.62 bits per heavy atom. The van der Waals surface area contributed by atoms with E-state index < -0.39 is 21.9 Å². The number of benzene rings is 1. The average Bonchev–Trinajstić information content (AvgIpc) is 3.63. The van der Waals surface area contributed by atoms with Crippen LogP contribution < -0.4 is 19.7 Å². The van der Waals surface area contributed by atoms with Gasteiger partial charge in [-0.3, -0.25) is 4.79 Å². The van der Waals surface area contributed by atoms with Gasteiger partial charge in [-0.1, -0.05) is 12.2 Å². The molecule has 1 aromatic carbocycles. The van der Waals surface area contributed by atoms with Crippen molar-refractivity contribution < 1.29 is 31.8 Å². The molecule has 50 heavy (non-hydrogen) atoms. The maximum absolute atomic E-state index is 14.3. The van der Waals surface area contributed by atoms with Crippen LogP contribution in [0.25, 0.3) is 0 Å². The second-order valence-corrected chi connectivity index (χ2v) is 16.1. The number of anilines is 1. The van der Waals surface area contributed by atoms with Crippen molar-refractivity contribution in [3.63, 3.8) is 0 Å². The molecule has 4 fully saturated rings. The highest BCUT2D eigenvalue weighted by Gasteiger charge is 2.46. The van der Waals surface area contributed by atoms with Crippen LogP contribution in [-0.2, 0) is 19.7 Å². The van der Waals surface area contributed by atoms with Gasteiger partial charge in [0.05, 0.1) is 37.7 Å². The first-order chi connectivity index (χ1) is 24.0. The second kappa shape index (κ2) is 16.0. The second-order valence-electron chi connectivity index (χ2n) is 14.4. The zero-order valence-electron chi connectivity index (χ0n) is 29.1. The number of carbonyl (C=O) groups is 1. The van der Waals surface area contributed by atoms with Crippen LogP contribution in [0.15, 0.2) is 42.9 Å². The van der Waals surface area contributed by atoms with Crippen LogP contribution in [0.4, 0.5) is 10.2 Å². The summed E-state index contributed by atoms with van der Waals surface area (Å²) in [5.41, 5.74) is 1.13. The molecule has 0 radical (unpaired) electrons.